The molecule has 7 nitrogen and oxygen atoms in total. The summed E-state index contributed by atoms with van der Waals surface area (Å²) in [5.41, 5.74) is 5.00. The van der Waals surface area contributed by atoms with Crippen molar-refractivity contribution in [2.75, 3.05) is 45.2 Å². The molecule has 0 bridgehead atoms. The number of nitrogens with zero attached hydrogens (tertiary/aromatic N) is 6. The molecule has 2 heterocycles. The Labute approximate surface area is 220 Å². The quantitative estimate of drug-likeness (QED) is 0.395. The van der Waals surface area contributed by atoms with Gasteiger partial charge in [0.15, 0.2) is 0 Å². The third kappa shape index (κ3) is 6.83. The second kappa shape index (κ2) is 12.3. The van der Waals surface area contributed by atoms with Crippen LogP contribution in [0.5, 0.6) is 0 Å². The third-order valence-corrected chi connectivity index (χ3v) is 7.23. The second-order valence-corrected chi connectivity index (χ2v) is 10.9. The van der Waals surface area contributed by atoms with Gasteiger partial charge in [0.25, 0.3) is 0 Å². The van der Waals surface area contributed by atoms with Crippen molar-refractivity contribution < 1.29 is 0 Å². The molecule has 0 spiro atoms. The normalized spacial score (nSPS) is 14.2. The lowest BCUT2D eigenvalue weighted by atomic mass is 10.1. The average Bonchev–Trinajstić information content (AvgIpc) is 3.14. The molecular formula is C28H39N7S. The minimum absolute atomic E-state index is 0.787. The van der Waals surface area contributed by atoms with E-state index in [9.17, 15) is 0 Å². The number of aryl methyl sites for hydroxylation is 2. The van der Waals surface area contributed by atoms with E-state index < -0.39 is 0 Å². The minimum Gasteiger partial charge on any atom is -0.370 e. The maximum absolute atomic E-state index is 4.53. The van der Waals surface area contributed by atoms with Crippen LogP contribution < -0.4 is 10.2 Å². The summed E-state index contributed by atoms with van der Waals surface area (Å²) in [7, 11) is 4.12. The zero-order valence-corrected chi connectivity index (χ0v) is 22.9. The van der Waals surface area contributed by atoms with Crippen molar-refractivity contribution in [1.82, 2.24) is 29.3 Å². The first kappa shape index (κ1) is 26.1. The molecule has 2 aromatic carbocycles. The van der Waals surface area contributed by atoms with E-state index in [0.29, 0.717) is 0 Å². The lowest BCUT2D eigenvalue weighted by Gasteiger charge is -2.27. The highest BCUT2D eigenvalue weighted by Gasteiger charge is 2.18. The SMILES string of the molecule is C=C(NCc1ccc(SN(C)C)cc1)N1CCCN(c2ccc(-n3cnc(C)n3)c(CCC)c2)CC1. The van der Waals surface area contributed by atoms with Crippen LogP contribution in [0.1, 0.15) is 36.7 Å². The fourth-order valence-electron chi connectivity index (χ4n) is 4.56. The molecular weight excluding hydrogens is 466 g/mol. The topological polar surface area (TPSA) is 52.5 Å². The number of anilines is 1. The summed E-state index contributed by atoms with van der Waals surface area (Å²) < 4.78 is 4.01. The third-order valence-electron chi connectivity index (χ3n) is 6.39. The highest BCUT2D eigenvalue weighted by atomic mass is 32.2. The summed E-state index contributed by atoms with van der Waals surface area (Å²) in [6, 6.07) is 15.5. The molecule has 4 rings (SSSR count). The predicted molar refractivity (Wildman–Crippen MR) is 150 cm³/mol. The van der Waals surface area contributed by atoms with E-state index in [-0.39, 0.29) is 0 Å². The number of hydrogen-bond donors (Lipinski definition) is 1. The van der Waals surface area contributed by atoms with E-state index in [1.54, 1.807) is 11.9 Å². The van der Waals surface area contributed by atoms with Gasteiger partial charge >= 0.3 is 0 Å². The Morgan fingerprint density at radius 3 is 2.58 bits per heavy atom. The van der Waals surface area contributed by atoms with Crippen LogP contribution in [0.3, 0.4) is 0 Å². The van der Waals surface area contributed by atoms with Gasteiger partial charge in [0, 0.05) is 43.3 Å². The monoisotopic (exact) mass is 505 g/mol. The van der Waals surface area contributed by atoms with Gasteiger partial charge in [-0.15, -0.1) is 0 Å². The molecule has 0 aliphatic carbocycles. The van der Waals surface area contributed by atoms with Crippen LogP contribution in [-0.2, 0) is 13.0 Å². The van der Waals surface area contributed by atoms with Gasteiger partial charge in [0.1, 0.15) is 12.2 Å². The van der Waals surface area contributed by atoms with Gasteiger partial charge in [-0.25, -0.2) is 9.67 Å². The predicted octanol–water partition coefficient (Wildman–Crippen LogP) is 4.87. The van der Waals surface area contributed by atoms with Crippen LogP contribution in [0, 0.1) is 6.92 Å². The lowest BCUT2D eigenvalue weighted by Crippen LogP contribution is -2.34. The lowest BCUT2D eigenvalue weighted by molar-refractivity contribution is 0.342. The molecule has 0 amide bonds. The number of rotatable bonds is 10. The molecule has 0 atom stereocenters. The highest BCUT2D eigenvalue weighted by molar-refractivity contribution is 7.97. The smallest absolute Gasteiger partial charge is 0.147 e. The molecule has 1 aliphatic heterocycles. The zero-order chi connectivity index (χ0) is 25.5. The van der Waals surface area contributed by atoms with Crippen molar-refractivity contribution in [3.63, 3.8) is 0 Å². The fourth-order valence-corrected chi connectivity index (χ4v) is 5.24. The Morgan fingerprint density at radius 2 is 1.89 bits per heavy atom. The van der Waals surface area contributed by atoms with Crippen LogP contribution in [0.25, 0.3) is 5.69 Å². The number of hydrogen-bond acceptors (Lipinski definition) is 7. The van der Waals surface area contributed by atoms with Crippen molar-refractivity contribution >= 4 is 17.6 Å². The summed E-state index contributed by atoms with van der Waals surface area (Å²) in [6.45, 7) is 13.3. The van der Waals surface area contributed by atoms with E-state index in [0.717, 1.165) is 69.3 Å². The molecule has 36 heavy (non-hydrogen) atoms. The van der Waals surface area contributed by atoms with Gasteiger partial charge in [-0.3, -0.25) is 4.31 Å². The van der Waals surface area contributed by atoms with E-state index in [2.05, 4.69) is 99.6 Å². The molecule has 192 valence electrons. The van der Waals surface area contributed by atoms with E-state index in [1.807, 2.05) is 17.9 Å². The molecule has 1 saturated heterocycles. The van der Waals surface area contributed by atoms with Gasteiger partial charge in [-0.05, 0) is 87.3 Å². The molecule has 8 heteroatoms. The first-order valence-electron chi connectivity index (χ1n) is 12.8. The second-order valence-electron chi connectivity index (χ2n) is 9.47. The molecule has 1 aliphatic rings. The number of nitrogens with one attached hydrogen (secondary N) is 1. The van der Waals surface area contributed by atoms with Crippen molar-refractivity contribution in [2.45, 2.75) is 44.6 Å². The maximum Gasteiger partial charge on any atom is 0.147 e. The zero-order valence-electron chi connectivity index (χ0n) is 22.1. The largest absolute Gasteiger partial charge is 0.370 e. The Hall–Kier alpha value is -2.97. The summed E-state index contributed by atoms with van der Waals surface area (Å²) in [6.07, 6.45) is 5.03. The first-order valence-corrected chi connectivity index (χ1v) is 13.6. The molecule has 1 fully saturated rings. The van der Waals surface area contributed by atoms with Crippen molar-refractivity contribution in [1.29, 1.82) is 0 Å². The van der Waals surface area contributed by atoms with Crippen LogP contribution in [0.2, 0.25) is 0 Å². The molecule has 3 aromatic rings. The Balaban J connectivity index is 1.35. The van der Waals surface area contributed by atoms with Gasteiger partial charge in [-0.2, -0.15) is 5.10 Å². The van der Waals surface area contributed by atoms with Gasteiger partial charge in [0.05, 0.1) is 11.5 Å². The average molecular weight is 506 g/mol. The van der Waals surface area contributed by atoms with Gasteiger partial charge < -0.3 is 15.1 Å². The van der Waals surface area contributed by atoms with Crippen molar-refractivity contribution in [2.24, 2.45) is 0 Å². The van der Waals surface area contributed by atoms with Gasteiger partial charge in [0.2, 0.25) is 0 Å². The Bertz CT molecular complexity index is 1140. The Morgan fingerprint density at radius 1 is 1.08 bits per heavy atom. The Kier molecular flexibility index (Phi) is 8.93. The van der Waals surface area contributed by atoms with Crippen LogP contribution >= 0.6 is 11.9 Å². The summed E-state index contributed by atoms with van der Waals surface area (Å²) >= 11 is 1.73. The molecule has 1 N–H and O–H groups in total. The van der Waals surface area contributed by atoms with Crippen LogP contribution in [0.4, 0.5) is 5.69 Å². The molecule has 0 saturated carbocycles. The van der Waals surface area contributed by atoms with Crippen molar-refractivity contribution in [3.8, 4) is 5.69 Å². The first-order chi connectivity index (χ1) is 17.4. The molecule has 0 unspecified atom stereocenters. The fraction of sp³-hybridized carbons (Fsp3) is 0.429. The van der Waals surface area contributed by atoms with E-state index in [1.165, 1.54) is 21.7 Å². The standard InChI is InChI=1S/C28H39N7S/c1-6-8-25-19-26(11-14-28(25)35-21-30-22(2)31-35)34-16-7-15-33(17-18-34)23(3)29-20-24-9-12-27(13-10-24)36-32(4)5/h9-14,19,21,29H,3,6-8,15-18,20H2,1-2,4-5H3. The van der Waals surface area contributed by atoms with Crippen LogP contribution in [-0.4, -0.2) is 64.2 Å². The minimum atomic E-state index is 0.787. The number of benzene rings is 2. The summed E-state index contributed by atoms with van der Waals surface area (Å²) in [5.74, 6) is 1.80. The van der Waals surface area contributed by atoms with Crippen molar-refractivity contribution in [3.05, 3.63) is 78.1 Å². The molecule has 0 radical (unpaired) electrons. The number of aromatic nitrogens is 3. The van der Waals surface area contributed by atoms with Crippen LogP contribution in [0.15, 0.2) is 66.1 Å². The summed E-state index contributed by atoms with van der Waals surface area (Å²) in [5, 5.41) is 8.08. The maximum atomic E-state index is 4.53. The van der Waals surface area contributed by atoms with Gasteiger partial charge in [-0.1, -0.05) is 32.1 Å². The highest BCUT2D eigenvalue weighted by Crippen LogP contribution is 2.25. The molecule has 1 aromatic heterocycles. The van der Waals surface area contributed by atoms with E-state index in [4.69, 9.17) is 0 Å². The summed E-state index contributed by atoms with van der Waals surface area (Å²) in [4.78, 5) is 10.5. The van der Waals surface area contributed by atoms with E-state index >= 15 is 0 Å².